The molecule has 72 valence electrons. The number of nitrogens with two attached hydrogens (primary N) is 1. The quantitative estimate of drug-likeness (QED) is 0.741. The van der Waals surface area contributed by atoms with Gasteiger partial charge in [0.1, 0.15) is 11.6 Å². The largest absolute Gasteiger partial charge is 0.329 e. The molecule has 1 aliphatic rings. The van der Waals surface area contributed by atoms with Crippen molar-refractivity contribution >= 4 is 0 Å². The fourth-order valence-electron chi connectivity index (χ4n) is 1.82. The van der Waals surface area contributed by atoms with Gasteiger partial charge in [0, 0.05) is 18.5 Å². The van der Waals surface area contributed by atoms with Crippen LogP contribution < -0.4 is 5.73 Å². The Kier molecular flexibility index (Phi) is 1.87. The van der Waals surface area contributed by atoms with E-state index in [1.165, 1.54) is 12.8 Å². The molecule has 4 heteroatoms. The van der Waals surface area contributed by atoms with Gasteiger partial charge in [-0.2, -0.15) is 0 Å². The van der Waals surface area contributed by atoms with Gasteiger partial charge in [0.05, 0.1) is 0 Å². The molecule has 2 rings (SSSR count). The highest BCUT2D eigenvalue weighted by Gasteiger charge is 2.47. The molecule has 0 radical (unpaired) electrons. The van der Waals surface area contributed by atoms with E-state index in [9.17, 15) is 0 Å². The van der Waals surface area contributed by atoms with Crippen LogP contribution in [0, 0.1) is 6.92 Å². The van der Waals surface area contributed by atoms with Crippen molar-refractivity contribution in [1.29, 1.82) is 0 Å². The Balaban J connectivity index is 2.40. The van der Waals surface area contributed by atoms with Gasteiger partial charge in [-0.1, -0.05) is 0 Å². The fraction of sp³-hybridized carbons (Fsp3) is 0.778. The van der Waals surface area contributed by atoms with Crippen molar-refractivity contribution in [3.8, 4) is 0 Å². The first-order valence-corrected chi connectivity index (χ1v) is 4.84. The van der Waals surface area contributed by atoms with Crippen molar-refractivity contribution in [3.05, 3.63) is 11.6 Å². The van der Waals surface area contributed by atoms with E-state index in [1.54, 1.807) is 0 Å². The Morgan fingerprint density at radius 3 is 2.62 bits per heavy atom. The molecule has 1 aromatic rings. The predicted octanol–water partition coefficient (Wildman–Crippen LogP) is 0.597. The maximum Gasteiger partial charge on any atom is 0.140 e. The van der Waals surface area contributed by atoms with Crippen LogP contribution in [0.2, 0.25) is 0 Å². The van der Waals surface area contributed by atoms with E-state index in [-0.39, 0.29) is 5.41 Å². The highest BCUT2D eigenvalue weighted by molar-refractivity contribution is 5.20. The second-order valence-electron chi connectivity index (χ2n) is 3.80. The van der Waals surface area contributed by atoms with Gasteiger partial charge in [0.2, 0.25) is 0 Å². The lowest BCUT2D eigenvalue weighted by Crippen LogP contribution is -2.24. The summed E-state index contributed by atoms with van der Waals surface area (Å²) in [5.74, 6) is 2.09. The van der Waals surface area contributed by atoms with Crippen LogP contribution in [-0.2, 0) is 12.0 Å². The van der Waals surface area contributed by atoms with Crippen LogP contribution in [0.4, 0.5) is 0 Å². The zero-order chi connectivity index (χ0) is 9.47. The number of aromatic nitrogens is 3. The molecule has 1 aromatic heterocycles. The minimum absolute atomic E-state index is 0.164. The van der Waals surface area contributed by atoms with Crippen LogP contribution >= 0.6 is 0 Å². The molecule has 0 atom stereocenters. The second kappa shape index (κ2) is 2.80. The van der Waals surface area contributed by atoms with Crippen LogP contribution in [0.25, 0.3) is 0 Å². The lowest BCUT2D eigenvalue weighted by molar-refractivity contribution is 0.578. The van der Waals surface area contributed by atoms with Crippen molar-refractivity contribution in [2.45, 2.75) is 38.6 Å². The van der Waals surface area contributed by atoms with Crippen molar-refractivity contribution in [1.82, 2.24) is 14.8 Å². The van der Waals surface area contributed by atoms with E-state index >= 15 is 0 Å². The maximum absolute atomic E-state index is 5.75. The third kappa shape index (κ3) is 1.16. The first-order chi connectivity index (χ1) is 6.23. The molecule has 0 unspecified atom stereocenters. The highest BCUT2D eigenvalue weighted by Crippen LogP contribution is 2.46. The molecule has 1 aliphatic carbocycles. The van der Waals surface area contributed by atoms with Crippen LogP contribution in [0.15, 0.2) is 0 Å². The Bertz CT molecular complexity index is 311. The SMILES string of the molecule is CCn1c(C)nnc1C1(CN)CC1. The smallest absolute Gasteiger partial charge is 0.140 e. The van der Waals surface area contributed by atoms with E-state index in [0.29, 0.717) is 6.54 Å². The van der Waals surface area contributed by atoms with Crippen molar-refractivity contribution in [2.24, 2.45) is 5.73 Å². The second-order valence-corrected chi connectivity index (χ2v) is 3.80. The summed E-state index contributed by atoms with van der Waals surface area (Å²) in [5.41, 5.74) is 5.92. The third-order valence-corrected chi connectivity index (χ3v) is 2.97. The Morgan fingerprint density at radius 2 is 2.15 bits per heavy atom. The zero-order valence-corrected chi connectivity index (χ0v) is 8.25. The van der Waals surface area contributed by atoms with Crippen molar-refractivity contribution in [3.63, 3.8) is 0 Å². The molecule has 13 heavy (non-hydrogen) atoms. The summed E-state index contributed by atoms with van der Waals surface area (Å²) in [7, 11) is 0. The molecule has 0 saturated heterocycles. The van der Waals surface area contributed by atoms with E-state index in [4.69, 9.17) is 5.73 Å². The third-order valence-electron chi connectivity index (χ3n) is 2.97. The van der Waals surface area contributed by atoms with Crippen LogP contribution in [0.3, 0.4) is 0 Å². The maximum atomic E-state index is 5.75. The molecule has 0 aromatic carbocycles. The summed E-state index contributed by atoms with van der Waals surface area (Å²) in [4.78, 5) is 0. The number of aryl methyl sites for hydroxylation is 1. The summed E-state index contributed by atoms with van der Waals surface area (Å²) in [6.07, 6.45) is 2.34. The van der Waals surface area contributed by atoms with Crippen LogP contribution in [0.1, 0.15) is 31.4 Å². The molecular weight excluding hydrogens is 164 g/mol. The zero-order valence-electron chi connectivity index (χ0n) is 8.25. The number of hydrogen-bond acceptors (Lipinski definition) is 3. The van der Waals surface area contributed by atoms with Gasteiger partial charge in [0.15, 0.2) is 0 Å². The van der Waals surface area contributed by atoms with Gasteiger partial charge in [-0.3, -0.25) is 0 Å². The molecule has 1 saturated carbocycles. The first kappa shape index (κ1) is 8.69. The standard InChI is InChI=1S/C9H16N4/c1-3-13-7(2)11-12-8(13)9(6-10)4-5-9/h3-6,10H2,1-2H3. The molecule has 2 N–H and O–H groups in total. The van der Waals surface area contributed by atoms with E-state index in [1.807, 2.05) is 6.92 Å². The summed E-state index contributed by atoms with van der Waals surface area (Å²) >= 11 is 0. The van der Waals surface area contributed by atoms with Crippen molar-refractivity contribution in [2.75, 3.05) is 6.54 Å². The summed E-state index contributed by atoms with van der Waals surface area (Å²) in [6.45, 7) is 5.75. The number of hydrogen-bond donors (Lipinski definition) is 1. The normalized spacial score (nSPS) is 19.0. The molecule has 0 amide bonds. The highest BCUT2D eigenvalue weighted by atomic mass is 15.3. The average molecular weight is 180 g/mol. The minimum atomic E-state index is 0.164. The Labute approximate surface area is 78.1 Å². The number of nitrogens with zero attached hydrogens (tertiary/aromatic N) is 3. The summed E-state index contributed by atoms with van der Waals surface area (Å²) in [6, 6.07) is 0. The number of rotatable bonds is 3. The van der Waals surface area contributed by atoms with Gasteiger partial charge in [-0.05, 0) is 26.7 Å². The molecule has 1 heterocycles. The molecular formula is C9H16N4. The molecule has 4 nitrogen and oxygen atoms in total. The van der Waals surface area contributed by atoms with E-state index in [0.717, 1.165) is 18.2 Å². The fourth-order valence-corrected chi connectivity index (χ4v) is 1.82. The van der Waals surface area contributed by atoms with E-state index in [2.05, 4.69) is 21.7 Å². The molecule has 1 fully saturated rings. The van der Waals surface area contributed by atoms with Gasteiger partial charge in [-0.15, -0.1) is 10.2 Å². The monoisotopic (exact) mass is 180 g/mol. The topological polar surface area (TPSA) is 56.7 Å². The van der Waals surface area contributed by atoms with Gasteiger partial charge < -0.3 is 10.3 Å². The Hall–Kier alpha value is -0.900. The molecule has 0 bridgehead atoms. The molecule has 0 spiro atoms. The predicted molar refractivity (Wildman–Crippen MR) is 50.4 cm³/mol. The molecule has 0 aliphatic heterocycles. The van der Waals surface area contributed by atoms with Gasteiger partial charge in [0.25, 0.3) is 0 Å². The van der Waals surface area contributed by atoms with E-state index < -0.39 is 0 Å². The van der Waals surface area contributed by atoms with Gasteiger partial charge >= 0.3 is 0 Å². The lowest BCUT2D eigenvalue weighted by Gasteiger charge is -2.12. The Morgan fingerprint density at radius 1 is 1.46 bits per heavy atom. The van der Waals surface area contributed by atoms with Crippen LogP contribution in [-0.4, -0.2) is 21.3 Å². The average Bonchev–Trinajstić information content (AvgIpc) is 2.85. The minimum Gasteiger partial charge on any atom is -0.329 e. The lowest BCUT2D eigenvalue weighted by atomic mass is 10.1. The van der Waals surface area contributed by atoms with Gasteiger partial charge in [-0.25, -0.2) is 0 Å². The summed E-state index contributed by atoms with van der Waals surface area (Å²) < 4.78 is 2.17. The van der Waals surface area contributed by atoms with Crippen LogP contribution in [0.5, 0.6) is 0 Å². The first-order valence-electron chi connectivity index (χ1n) is 4.84. The summed E-state index contributed by atoms with van der Waals surface area (Å²) in [5, 5.41) is 8.32. The van der Waals surface area contributed by atoms with Crippen molar-refractivity contribution < 1.29 is 0 Å².